The number of aliphatic imine (C=N–C) groups is 1. The molecule has 0 unspecified atom stereocenters. The summed E-state index contributed by atoms with van der Waals surface area (Å²) in [7, 11) is 0. The lowest BCUT2D eigenvalue weighted by atomic mass is 10.1. The number of rotatable bonds is 3. The Labute approximate surface area is 129 Å². The van der Waals surface area contributed by atoms with Gasteiger partial charge in [-0.05, 0) is 23.4 Å². The highest BCUT2D eigenvalue weighted by Gasteiger charge is 2.22. The van der Waals surface area contributed by atoms with E-state index in [1.165, 1.54) is 5.56 Å². The maximum absolute atomic E-state index is 5.82. The van der Waals surface area contributed by atoms with Gasteiger partial charge in [-0.15, -0.1) is 0 Å². The predicted molar refractivity (Wildman–Crippen MR) is 88.2 cm³/mol. The Bertz CT molecular complexity index is 822. The van der Waals surface area contributed by atoms with Crippen LogP contribution in [0.2, 0.25) is 0 Å². The summed E-state index contributed by atoms with van der Waals surface area (Å²) in [6.07, 6.45) is 2.71. The molecular formula is C19H16N2O. The molecule has 2 aromatic carbocycles. The van der Waals surface area contributed by atoms with E-state index in [-0.39, 0.29) is 6.04 Å². The summed E-state index contributed by atoms with van der Waals surface area (Å²) in [5.41, 5.74) is 2.13. The maximum Gasteiger partial charge on any atom is 0.236 e. The van der Waals surface area contributed by atoms with Gasteiger partial charge < -0.3 is 4.74 Å². The van der Waals surface area contributed by atoms with Crippen molar-refractivity contribution in [1.29, 1.82) is 0 Å². The first kappa shape index (κ1) is 13.0. The zero-order valence-electron chi connectivity index (χ0n) is 12.1. The minimum atomic E-state index is 0.165. The SMILES string of the molecule is c1ccc(C[C@@H]2COC(c3nccc4ccccc34)=N2)cc1. The average Bonchev–Trinajstić information content (AvgIpc) is 3.03. The molecule has 0 saturated carbocycles. The minimum absolute atomic E-state index is 0.165. The van der Waals surface area contributed by atoms with Crippen LogP contribution >= 0.6 is 0 Å². The lowest BCUT2D eigenvalue weighted by Crippen LogP contribution is -2.09. The van der Waals surface area contributed by atoms with Crippen LogP contribution in [0, 0.1) is 0 Å². The summed E-state index contributed by atoms with van der Waals surface area (Å²) in [5, 5.41) is 2.24. The minimum Gasteiger partial charge on any atom is -0.474 e. The summed E-state index contributed by atoms with van der Waals surface area (Å²) < 4.78 is 5.82. The molecule has 1 aromatic heterocycles. The van der Waals surface area contributed by atoms with Crippen LogP contribution < -0.4 is 0 Å². The number of hydrogen-bond donors (Lipinski definition) is 0. The highest BCUT2D eigenvalue weighted by molar-refractivity contribution is 6.05. The van der Waals surface area contributed by atoms with E-state index < -0.39 is 0 Å². The van der Waals surface area contributed by atoms with E-state index in [0.717, 1.165) is 22.9 Å². The molecule has 3 aromatic rings. The van der Waals surface area contributed by atoms with Crippen LogP contribution in [0.15, 0.2) is 71.9 Å². The third kappa shape index (κ3) is 2.46. The molecule has 0 fully saturated rings. The van der Waals surface area contributed by atoms with Crippen molar-refractivity contribution in [3.63, 3.8) is 0 Å². The number of aromatic nitrogens is 1. The van der Waals surface area contributed by atoms with Crippen molar-refractivity contribution >= 4 is 16.7 Å². The Kier molecular flexibility index (Phi) is 3.31. The first-order valence-electron chi connectivity index (χ1n) is 7.49. The molecule has 0 spiro atoms. The first-order valence-corrected chi connectivity index (χ1v) is 7.49. The van der Waals surface area contributed by atoms with Gasteiger partial charge in [0.15, 0.2) is 0 Å². The second-order valence-corrected chi connectivity index (χ2v) is 5.47. The standard InChI is InChI=1S/C19H16N2O/c1-2-6-14(7-3-1)12-16-13-22-19(21-16)18-17-9-5-4-8-15(17)10-11-20-18/h1-11,16H,12-13H2/t16-/m1/s1. The van der Waals surface area contributed by atoms with E-state index in [1.807, 2.05) is 30.5 Å². The molecule has 3 heteroatoms. The van der Waals surface area contributed by atoms with Crippen molar-refractivity contribution in [2.45, 2.75) is 12.5 Å². The molecule has 4 rings (SSSR count). The highest BCUT2D eigenvalue weighted by Crippen LogP contribution is 2.21. The van der Waals surface area contributed by atoms with Gasteiger partial charge in [-0.1, -0.05) is 54.6 Å². The molecule has 2 heterocycles. The highest BCUT2D eigenvalue weighted by atomic mass is 16.5. The fourth-order valence-corrected chi connectivity index (χ4v) is 2.83. The molecule has 1 aliphatic rings. The Hall–Kier alpha value is -2.68. The fourth-order valence-electron chi connectivity index (χ4n) is 2.83. The van der Waals surface area contributed by atoms with E-state index >= 15 is 0 Å². The van der Waals surface area contributed by atoms with Crippen LogP contribution in [0.3, 0.4) is 0 Å². The Morgan fingerprint density at radius 2 is 1.77 bits per heavy atom. The number of hydrogen-bond acceptors (Lipinski definition) is 3. The van der Waals surface area contributed by atoms with E-state index in [1.54, 1.807) is 0 Å². The molecule has 0 amide bonds. The Balaban J connectivity index is 1.64. The van der Waals surface area contributed by atoms with Gasteiger partial charge in [0.1, 0.15) is 12.3 Å². The van der Waals surface area contributed by atoms with Gasteiger partial charge in [0, 0.05) is 11.6 Å². The number of pyridine rings is 1. The van der Waals surface area contributed by atoms with Crippen LogP contribution in [0.4, 0.5) is 0 Å². The number of ether oxygens (including phenoxy) is 1. The first-order chi connectivity index (χ1) is 10.9. The molecule has 22 heavy (non-hydrogen) atoms. The molecule has 0 saturated heterocycles. The monoisotopic (exact) mass is 288 g/mol. The zero-order chi connectivity index (χ0) is 14.8. The molecule has 1 atom stereocenters. The largest absolute Gasteiger partial charge is 0.474 e. The summed E-state index contributed by atoms with van der Waals surface area (Å²) in [4.78, 5) is 9.21. The van der Waals surface area contributed by atoms with Crippen LogP contribution in [0.25, 0.3) is 10.8 Å². The van der Waals surface area contributed by atoms with Crippen LogP contribution in [-0.4, -0.2) is 23.5 Å². The number of fused-ring (bicyclic) bond motifs is 1. The fraction of sp³-hybridized carbons (Fsp3) is 0.158. The van der Waals surface area contributed by atoms with Gasteiger partial charge in [-0.2, -0.15) is 0 Å². The Morgan fingerprint density at radius 1 is 0.955 bits per heavy atom. The topological polar surface area (TPSA) is 34.5 Å². The lowest BCUT2D eigenvalue weighted by molar-refractivity contribution is 0.316. The van der Waals surface area contributed by atoms with Crippen molar-refractivity contribution in [2.24, 2.45) is 4.99 Å². The molecule has 1 aliphatic heterocycles. The van der Waals surface area contributed by atoms with Crippen molar-refractivity contribution in [2.75, 3.05) is 6.61 Å². The maximum atomic E-state index is 5.82. The van der Waals surface area contributed by atoms with Crippen molar-refractivity contribution in [1.82, 2.24) is 4.98 Å². The van der Waals surface area contributed by atoms with Gasteiger partial charge in [0.2, 0.25) is 5.90 Å². The van der Waals surface area contributed by atoms with Gasteiger partial charge in [-0.25, -0.2) is 4.99 Å². The van der Waals surface area contributed by atoms with E-state index in [0.29, 0.717) is 12.5 Å². The molecule has 0 aliphatic carbocycles. The van der Waals surface area contributed by atoms with Crippen molar-refractivity contribution in [3.05, 3.63) is 78.1 Å². The smallest absolute Gasteiger partial charge is 0.236 e. The molecule has 0 radical (unpaired) electrons. The second kappa shape index (κ2) is 5.60. The zero-order valence-corrected chi connectivity index (χ0v) is 12.1. The number of nitrogens with zero attached hydrogens (tertiary/aromatic N) is 2. The normalized spacial score (nSPS) is 17.3. The molecule has 0 N–H and O–H groups in total. The van der Waals surface area contributed by atoms with Gasteiger partial charge in [-0.3, -0.25) is 4.98 Å². The molecule has 3 nitrogen and oxygen atoms in total. The van der Waals surface area contributed by atoms with Crippen LogP contribution in [0.5, 0.6) is 0 Å². The second-order valence-electron chi connectivity index (χ2n) is 5.47. The van der Waals surface area contributed by atoms with Gasteiger partial charge in [0.25, 0.3) is 0 Å². The lowest BCUT2D eigenvalue weighted by Gasteiger charge is -2.04. The van der Waals surface area contributed by atoms with E-state index in [4.69, 9.17) is 9.73 Å². The van der Waals surface area contributed by atoms with E-state index in [9.17, 15) is 0 Å². The predicted octanol–water partition coefficient (Wildman–Crippen LogP) is 3.62. The molecular weight excluding hydrogens is 272 g/mol. The Morgan fingerprint density at radius 3 is 2.68 bits per heavy atom. The van der Waals surface area contributed by atoms with Crippen LogP contribution in [-0.2, 0) is 11.2 Å². The van der Waals surface area contributed by atoms with E-state index in [2.05, 4.69) is 41.4 Å². The summed E-state index contributed by atoms with van der Waals surface area (Å²) in [6.45, 7) is 0.620. The third-order valence-electron chi connectivity index (χ3n) is 3.90. The average molecular weight is 288 g/mol. The molecule has 0 bridgehead atoms. The summed E-state index contributed by atoms with van der Waals surface area (Å²) >= 11 is 0. The summed E-state index contributed by atoms with van der Waals surface area (Å²) in [6, 6.07) is 20.8. The quantitative estimate of drug-likeness (QED) is 0.737. The van der Waals surface area contributed by atoms with Crippen molar-refractivity contribution in [3.8, 4) is 0 Å². The van der Waals surface area contributed by atoms with Gasteiger partial charge in [0.05, 0.1) is 6.04 Å². The molecule has 108 valence electrons. The van der Waals surface area contributed by atoms with Gasteiger partial charge >= 0.3 is 0 Å². The number of benzene rings is 2. The van der Waals surface area contributed by atoms with Crippen LogP contribution in [0.1, 0.15) is 11.3 Å². The summed E-state index contributed by atoms with van der Waals surface area (Å²) in [5.74, 6) is 0.665. The third-order valence-corrected chi connectivity index (χ3v) is 3.90. The van der Waals surface area contributed by atoms with Crippen molar-refractivity contribution < 1.29 is 4.74 Å².